The Kier molecular flexibility index (Phi) is 7.00. The Morgan fingerprint density at radius 1 is 1.28 bits per heavy atom. The van der Waals surface area contributed by atoms with E-state index >= 15 is 0 Å². The fourth-order valence-corrected chi connectivity index (χ4v) is 4.01. The average molecular weight is 404 g/mol. The summed E-state index contributed by atoms with van der Waals surface area (Å²) < 4.78 is 19.9. The fraction of sp³-hybridized carbons (Fsp3) is 0.636. The van der Waals surface area contributed by atoms with Crippen LogP contribution in [-0.4, -0.2) is 46.9 Å². The molecule has 160 valence electrons. The van der Waals surface area contributed by atoms with Gasteiger partial charge in [-0.25, -0.2) is 0 Å². The molecule has 0 radical (unpaired) electrons. The second kappa shape index (κ2) is 9.48. The quantitative estimate of drug-likeness (QED) is 0.730. The van der Waals surface area contributed by atoms with E-state index < -0.39 is 0 Å². The van der Waals surface area contributed by atoms with Crippen molar-refractivity contribution in [1.82, 2.24) is 14.9 Å². The summed E-state index contributed by atoms with van der Waals surface area (Å²) in [4.78, 5) is 15.8. The highest BCUT2D eigenvalue weighted by molar-refractivity contribution is 5.82. The number of nitrogens with zero attached hydrogens (tertiary/aromatic N) is 2. The van der Waals surface area contributed by atoms with Crippen LogP contribution >= 0.6 is 0 Å². The predicted molar refractivity (Wildman–Crippen MR) is 113 cm³/mol. The summed E-state index contributed by atoms with van der Waals surface area (Å²) in [5, 5.41) is 2.85. The molecule has 0 spiro atoms. The molecular formula is C22H33N3O4. The maximum atomic E-state index is 11.1. The minimum absolute atomic E-state index is 0.0238. The number of benzene rings is 1. The molecule has 0 aliphatic heterocycles. The number of rotatable bonds is 8. The molecule has 0 unspecified atom stereocenters. The van der Waals surface area contributed by atoms with Crippen LogP contribution < -0.4 is 14.8 Å². The molecule has 1 aliphatic carbocycles. The van der Waals surface area contributed by atoms with Gasteiger partial charge in [-0.05, 0) is 58.6 Å². The molecule has 2 aromatic rings. The van der Waals surface area contributed by atoms with Gasteiger partial charge in [-0.2, -0.15) is 4.98 Å². The molecule has 1 aliphatic rings. The molecule has 1 aromatic heterocycles. The summed E-state index contributed by atoms with van der Waals surface area (Å²) in [7, 11) is 1.99. The van der Waals surface area contributed by atoms with Crippen LogP contribution in [0.5, 0.6) is 11.8 Å². The Balaban J connectivity index is 1.56. The Morgan fingerprint density at radius 2 is 1.97 bits per heavy atom. The smallest absolute Gasteiger partial charge is 0.297 e. The zero-order chi connectivity index (χ0) is 21.0. The van der Waals surface area contributed by atoms with E-state index in [0.29, 0.717) is 19.2 Å². The standard InChI is InChI=1S/C22H33N3O4/c1-6-27-20-12-11-19-21(15(20)3)25(5)22(24-19)29-18-9-7-17(8-10-18)28-13-14(2)23-16(4)26/h11-12,14,17-18H,6-10,13H2,1-5H3,(H,23,26)/t14-,17-,18-/m0/s1. The van der Waals surface area contributed by atoms with E-state index in [0.717, 1.165) is 48.0 Å². The summed E-state index contributed by atoms with van der Waals surface area (Å²) in [5.74, 6) is 0.866. The topological polar surface area (TPSA) is 74.6 Å². The van der Waals surface area contributed by atoms with Gasteiger partial charge in [0.1, 0.15) is 11.9 Å². The zero-order valence-corrected chi connectivity index (χ0v) is 18.2. The molecule has 1 atom stereocenters. The SMILES string of the molecule is CCOc1ccc2nc(O[C@H]3CC[C@H](OC[C@H](C)NC(C)=O)CC3)n(C)c2c1C. The first-order valence-electron chi connectivity index (χ1n) is 10.5. The van der Waals surface area contributed by atoms with E-state index in [4.69, 9.17) is 14.2 Å². The molecule has 29 heavy (non-hydrogen) atoms. The van der Waals surface area contributed by atoms with Gasteiger partial charge < -0.3 is 19.5 Å². The Morgan fingerprint density at radius 3 is 2.62 bits per heavy atom. The number of hydrogen-bond donors (Lipinski definition) is 1. The van der Waals surface area contributed by atoms with Crippen LogP contribution in [0.15, 0.2) is 12.1 Å². The van der Waals surface area contributed by atoms with Crippen molar-refractivity contribution in [1.29, 1.82) is 0 Å². The molecular weight excluding hydrogens is 370 g/mol. The van der Waals surface area contributed by atoms with Crippen molar-refractivity contribution in [2.45, 2.75) is 71.6 Å². The summed E-state index contributed by atoms with van der Waals surface area (Å²) >= 11 is 0. The van der Waals surface area contributed by atoms with E-state index in [-0.39, 0.29) is 24.2 Å². The number of carbonyl (C=O) groups excluding carboxylic acids is 1. The maximum absolute atomic E-state index is 11.1. The van der Waals surface area contributed by atoms with E-state index in [9.17, 15) is 4.79 Å². The Labute approximate surface area is 172 Å². The highest BCUT2D eigenvalue weighted by Crippen LogP contribution is 2.31. The van der Waals surface area contributed by atoms with Crippen LogP contribution in [0.1, 0.15) is 52.0 Å². The number of nitrogens with one attached hydrogen (secondary N) is 1. The minimum Gasteiger partial charge on any atom is -0.494 e. The molecule has 1 amide bonds. The molecule has 7 nitrogen and oxygen atoms in total. The summed E-state index contributed by atoms with van der Waals surface area (Å²) in [6.07, 6.45) is 4.15. The maximum Gasteiger partial charge on any atom is 0.297 e. The van der Waals surface area contributed by atoms with E-state index in [1.807, 2.05) is 37.6 Å². The first kappa shape index (κ1) is 21.4. The van der Waals surface area contributed by atoms with Gasteiger partial charge in [-0.1, -0.05) is 0 Å². The normalized spacial score (nSPS) is 20.4. The lowest BCUT2D eigenvalue weighted by Gasteiger charge is -2.29. The highest BCUT2D eigenvalue weighted by atomic mass is 16.5. The van der Waals surface area contributed by atoms with Crippen LogP contribution in [0.4, 0.5) is 0 Å². The van der Waals surface area contributed by atoms with Gasteiger partial charge >= 0.3 is 0 Å². The van der Waals surface area contributed by atoms with Gasteiger partial charge in [-0.15, -0.1) is 0 Å². The van der Waals surface area contributed by atoms with Crippen LogP contribution in [0, 0.1) is 6.92 Å². The average Bonchev–Trinajstić information content (AvgIpc) is 2.99. The van der Waals surface area contributed by atoms with Gasteiger partial charge in [0.15, 0.2) is 0 Å². The number of fused-ring (bicyclic) bond motifs is 1. The lowest BCUT2D eigenvalue weighted by Crippen LogP contribution is -2.37. The molecule has 0 bridgehead atoms. The lowest BCUT2D eigenvalue weighted by molar-refractivity contribution is -0.120. The van der Waals surface area contributed by atoms with Crippen molar-refractivity contribution in [2.75, 3.05) is 13.2 Å². The van der Waals surface area contributed by atoms with Crippen LogP contribution in [0.3, 0.4) is 0 Å². The third-order valence-corrected chi connectivity index (χ3v) is 5.42. The van der Waals surface area contributed by atoms with Crippen molar-refractivity contribution in [3.8, 4) is 11.8 Å². The minimum atomic E-state index is -0.0238. The number of aromatic nitrogens is 2. The van der Waals surface area contributed by atoms with Gasteiger partial charge in [0, 0.05) is 25.6 Å². The number of amides is 1. The van der Waals surface area contributed by atoms with Crippen molar-refractivity contribution < 1.29 is 19.0 Å². The third kappa shape index (κ3) is 5.21. The largest absolute Gasteiger partial charge is 0.494 e. The van der Waals surface area contributed by atoms with Crippen LogP contribution in [0.2, 0.25) is 0 Å². The van der Waals surface area contributed by atoms with E-state index in [1.54, 1.807) is 0 Å². The van der Waals surface area contributed by atoms with Gasteiger partial charge in [-0.3, -0.25) is 9.36 Å². The molecule has 1 N–H and O–H groups in total. The molecule has 7 heteroatoms. The van der Waals surface area contributed by atoms with E-state index in [2.05, 4.69) is 17.2 Å². The van der Waals surface area contributed by atoms with Crippen molar-refractivity contribution in [2.24, 2.45) is 7.05 Å². The van der Waals surface area contributed by atoms with E-state index in [1.165, 1.54) is 6.92 Å². The number of carbonyl (C=O) groups is 1. The second-order valence-corrected chi connectivity index (χ2v) is 7.89. The third-order valence-electron chi connectivity index (χ3n) is 5.42. The van der Waals surface area contributed by atoms with Crippen LogP contribution in [0.25, 0.3) is 11.0 Å². The lowest BCUT2D eigenvalue weighted by atomic mass is 9.95. The monoisotopic (exact) mass is 403 g/mol. The predicted octanol–water partition coefficient (Wildman–Crippen LogP) is 3.51. The number of imidazole rings is 1. The summed E-state index contributed by atoms with van der Waals surface area (Å²) in [5.41, 5.74) is 3.06. The van der Waals surface area contributed by atoms with Gasteiger partial charge in [0.25, 0.3) is 6.01 Å². The van der Waals surface area contributed by atoms with Gasteiger partial charge in [0.05, 0.1) is 30.4 Å². The van der Waals surface area contributed by atoms with Crippen LogP contribution in [-0.2, 0) is 16.6 Å². The highest BCUT2D eigenvalue weighted by Gasteiger charge is 2.25. The Hall–Kier alpha value is -2.28. The second-order valence-electron chi connectivity index (χ2n) is 7.89. The van der Waals surface area contributed by atoms with Crippen molar-refractivity contribution in [3.63, 3.8) is 0 Å². The molecule has 1 fully saturated rings. The Bertz CT molecular complexity index is 840. The molecule has 3 rings (SSSR count). The van der Waals surface area contributed by atoms with Crippen molar-refractivity contribution in [3.05, 3.63) is 17.7 Å². The first-order chi connectivity index (χ1) is 13.9. The molecule has 1 saturated carbocycles. The fourth-order valence-electron chi connectivity index (χ4n) is 4.01. The zero-order valence-electron chi connectivity index (χ0n) is 18.2. The van der Waals surface area contributed by atoms with Crippen molar-refractivity contribution >= 4 is 16.9 Å². The molecule has 1 heterocycles. The summed E-state index contributed by atoms with van der Waals surface area (Å²) in [6.45, 7) is 8.72. The number of ether oxygens (including phenoxy) is 3. The first-order valence-corrected chi connectivity index (χ1v) is 10.5. The molecule has 1 aromatic carbocycles. The summed E-state index contributed by atoms with van der Waals surface area (Å²) in [6, 6.07) is 4.65. The van der Waals surface area contributed by atoms with Gasteiger partial charge in [0.2, 0.25) is 5.91 Å². The molecule has 0 saturated heterocycles. The number of aryl methyl sites for hydroxylation is 2. The number of hydrogen-bond acceptors (Lipinski definition) is 5.